The summed E-state index contributed by atoms with van der Waals surface area (Å²) in [5, 5.41) is 6.18. The van der Waals surface area contributed by atoms with E-state index in [1.54, 1.807) is 14.0 Å². The summed E-state index contributed by atoms with van der Waals surface area (Å²) in [5.74, 6) is 0.317. The third-order valence-corrected chi connectivity index (χ3v) is 2.43. The van der Waals surface area contributed by atoms with Crippen molar-refractivity contribution in [3.05, 3.63) is 17.5 Å². The highest BCUT2D eigenvalue weighted by atomic mass is 35.5. The second-order valence-corrected chi connectivity index (χ2v) is 4.01. The van der Waals surface area contributed by atoms with Crippen molar-refractivity contribution in [2.24, 2.45) is 0 Å². The molecule has 0 aliphatic rings. The number of ether oxygens (including phenoxy) is 1. The zero-order valence-corrected chi connectivity index (χ0v) is 10.1. The number of hydrogen-bond acceptors (Lipinski definition) is 4. The molecule has 1 atom stereocenters. The lowest BCUT2D eigenvalue weighted by Crippen LogP contribution is -2.27. The second-order valence-electron chi connectivity index (χ2n) is 3.39. The van der Waals surface area contributed by atoms with E-state index in [0.717, 1.165) is 0 Å². The van der Waals surface area contributed by atoms with Gasteiger partial charge in [0.25, 0.3) is 5.91 Å². The summed E-state index contributed by atoms with van der Waals surface area (Å²) in [6.07, 6.45) is 2.06. The molecule has 0 aliphatic carbocycles. The average Bonchev–Trinajstić information content (AvgIpc) is 2.64. The molecule has 0 saturated carbocycles. The first kappa shape index (κ1) is 13.0. The van der Waals surface area contributed by atoms with Gasteiger partial charge in [0.2, 0.25) is 0 Å². The summed E-state index contributed by atoms with van der Waals surface area (Å²) < 4.78 is 9.68. The van der Waals surface area contributed by atoms with Gasteiger partial charge in [-0.3, -0.25) is 4.79 Å². The van der Waals surface area contributed by atoms with E-state index in [9.17, 15) is 4.79 Å². The smallest absolute Gasteiger partial charge is 0.256 e. The van der Waals surface area contributed by atoms with Crippen LogP contribution in [0.2, 0.25) is 0 Å². The maximum absolute atomic E-state index is 11.6. The Hall–Kier alpha value is -1.07. The van der Waals surface area contributed by atoms with E-state index in [1.807, 2.05) is 0 Å². The minimum absolute atomic E-state index is 0.0890. The van der Waals surface area contributed by atoms with E-state index in [4.69, 9.17) is 20.9 Å². The number of halogens is 1. The Balaban J connectivity index is 2.29. The van der Waals surface area contributed by atoms with Crippen molar-refractivity contribution < 1.29 is 14.1 Å². The Kier molecular flexibility index (Phi) is 5.28. The van der Waals surface area contributed by atoms with Gasteiger partial charge in [0.05, 0.1) is 18.2 Å². The number of rotatable bonds is 6. The number of methoxy groups -OCH3 is 1. The fourth-order valence-corrected chi connectivity index (χ4v) is 1.45. The van der Waals surface area contributed by atoms with Crippen LogP contribution in [0, 0.1) is 6.92 Å². The van der Waals surface area contributed by atoms with Crippen LogP contribution >= 0.6 is 11.6 Å². The van der Waals surface area contributed by atoms with Crippen molar-refractivity contribution in [2.75, 3.05) is 20.3 Å². The maximum atomic E-state index is 11.6. The first-order valence-electron chi connectivity index (χ1n) is 4.97. The van der Waals surface area contributed by atoms with Gasteiger partial charge in [-0.1, -0.05) is 5.16 Å². The lowest BCUT2D eigenvalue weighted by molar-refractivity contribution is 0.0950. The molecule has 1 amide bonds. The summed E-state index contributed by atoms with van der Waals surface area (Å²) in [4.78, 5) is 11.6. The lowest BCUT2D eigenvalue weighted by atomic mass is 10.2. The molecule has 1 aromatic rings. The molecular formula is C10H15ClN2O3. The third-order valence-electron chi connectivity index (χ3n) is 2.09. The van der Waals surface area contributed by atoms with Crippen molar-refractivity contribution in [3.63, 3.8) is 0 Å². The van der Waals surface area contributed by atoms with E-state index in [1.165, 1.54) is 6.20 Å². The molecule has 1 heterocycles. The van der Waals surface area contributed by atoms with Crippen LogP contribution in [-0.2, 0) is 4.74 Å². The Morgan fingerprint density at radius 3 is 3.06 bits per heavy atom. The number of aryl methyl sites for hydroxylation is 1. The standard InChI is InChI=1S/C10H15ClN2O3/c1-7-9(5-13-16-7)10(14)12-4-3-8(11)6-15-2/h5,8H,3-4,6H2,1-2H3,(H,12,14). The number of amides is 1. The minimum atomic E-state index is -0.194. The first-order chi connectivity index (χ1) is 7.65. The summed E-state index contributed by atoms with van der Waals surface area (Å²) >= 11 is 5.91. The number of carbonyl (C=O) groups excluding carboxylic acids is 1. The summed E-state index contributed by atoms with van der Waals surface area (Å²) in [6, 6.07) is 0. The molecule has 0 fully saturated rings. The monoisotopic (exact) mass is 246 g/mol. The largest absolute Gasteiger partial charge is 0.383 e. The lowest BCUT2D eigenvalue weighted by Gasteiger charge is -2.08. The topological polar surface area (TPSA) is 64.4 Å². The molecule has 0 aliphatic heterocycles. The molecule has 0 aromatic carbocycles. The molecule has 6 heteroatoms. The number of nitrogens with zero attached hydrogens (tertiary/aromatic N) is 1. The van der Waals surface area contributed by atoms with E-state index in [2.05, 4.69) is 10.5 Å². The number of hydrogen-bond donors (Lipinski definition) is 1. The average molecular weight is 247 g/mol. The highest BCUT2D eigenvalue weighted by Gasteiger charge is 2.12. The van der Waals surface area contributed by atoms with Gasteiger partial charge < -0.3 is 14.6 Å². The van der Waals surface area contributed by atoms with Crippen molar-refractivity contribution >= 4 is 17.5 Å². The van der Waals surface area contributed by atoms with Gasteiger partial charge in [-0.2, -0.15) is 0 Å². The number of nitrogens with one attached hydrogen (secondary N) is 1. The molecule has 0 radical (unpaired) electrons. The normalized spacial score (nSPS) is 12.4. The molecule has 0 saturated heterocycles. The molecular weight excluding hydrogens is 232 g/mol. The molecule has 0 bridgehead atoms. The highest BCUT2D eigenvalue weighted by Crippen LogP contribution is 2.06. The number of aromatic nitrogens is 1. The Labute approximate surface area is 99.1 Å². The van der Waals surface area contributed by atoms with E-state index in [0.29, 0.717) is 30.9 Å². The molecule has 0 spiro atoms. The van der Waals surface area contributed by atoms with Gasteiger partial charge >= 0.3 is 0 Å². The summed E-state index contributed by atoms with van der Waals surface area (Å²) in [6.45, 7) is 2.67. The quantitative estimate of drug-likeness (QED) is 0.770. The zero-order valence-electron chi connectivity index (χ0n) is 9.33. The number of carbonyl (C=O) groups is 1. The van der Waals surface area contributed by atoms with Crippen LogP contribution in [-0.4, -0.2) is 36.7 Å². The van der Waals surface area contributed by atoms with E-state index >= 15 is 0 Å². The Morgan fingerprint density at radius 2 is 2.50 bits per heavy atom. The highest BCUT2D eigenvalue weighted by molar-refractivity contribution is 6.20. The molecule has 16 heavy (non-hydrogen) atoms. The number of alkyl halides is 1. The SMILES string of the molecule is COCC(Cl)CCNC(=O)c1cnoc1C. The van der Waals surface area contributed by atoms with Crippen LogP contribution < -0.4 is 5.32 Å². The van der Waals surface area contributed by atoms with Gasteiger partial charge in [-0.15, -0.1) is 11.6 Å². The van der Waals surface area contributed by atoms with Gasteiger partial charge in [0.15, 0.2) is 0 Å². The Morgan fingerprint density at radius 1 is 1.75 bits per heavy atom. The summed E-state index contributed by atoms with van der Waals surface area (Å²) in [7, 11) is 1.59. The zero-order chi connectivity index (χ0) is 12.0. The van der Waals surface area contributed by atoms with Gasteiger partial charge in [0, 0.05) is 13.7 Å². The fourth-order valence-electron chi connectivity index (χ4n) is 1.22. The van der Waals surface area contributed by atoms with Crippen LogP contribution in [0.5, 0.6) is 0 Å². The van der Waals surface area contributed by atoms with Gasteiger partial charge in [-0.05, 0) is 13.3 Å². The predicted molar refractivity (Wildman–Crippen MR) is 59.7 cm³/mol. The maximum Gasteiger partial charge on any atom is 0.256 e. The fraction of sp³-hybridized carbons (Fsp3) is 0.600. The second kappa shape index (κ2) is 6.50. The molecule has 1 unspecified atom stereocenters. The van der Waals surface area contributed by atoms with Crippen molar-refractivity contribution in [1.29, 1.82) is 0 Å². The van der Waals surface area contributed by atoms with Crippen LogP contribution in [0.15, 0.2) is 10.7 Å². The van der Waals surface area contributed by atoms with E-state index < -0.39 is 0 Å². The third kappa shape index (κ3) is 3.83. The van der Waals surface area contributed by atoms with Crippen LogP contribution in [0.4, 0.5) is 0 Å². The molecule has 1 rings (SSSR count). The van der Waals surface area contributed by atoms with Gasteiger partial charge in [0.1, 0.15) is 11.3 Å². The van der Waals surface area contributed by atoms with Crippen molar-refractivity contribution in [2.45, 2.75) is 18.7 Å². The van der Waals surface area contributed by atoms with E-state index in [-0.39, 0.29) is 11.3 Å². The predicted octanol–water partition coefficient (Wildman–Crippen LogP) is 1.36. The van der Waals surface area contributed by atoms with Crippen LogP contribution in [0.3, 0.4) is 0 Å². The Bertz CT molecular complexity index is 341. The van der Waals surface area contributed by atoms with Crippen molar-refractivity contribution in [3.8, 4) is 0 Å². The molecule has 90 valence electrons. The molecule has 5 nitrogen and oxygen atoms in total. The molecule has 1 N–H and O–H groups in total. The van der Waals surface area contributed by atoms with Crippen LogP contribution in [0.1, 0.15) is 22.5 Å². The van der Waals surface area contributed by atoms with Crippen LogP contribution in [0.25, 0.3) is 0 Å². The van der Waals surface area contributed by atoms with Crippen molar-refractivity contribution in [1.82, 2.24) is 10.5 Å². The first-order valence-corrected chi connectivity index (χ1v) is 5.41. The minimum Gasteiger partial charge on any atom is -0.383 e. The summed E-state index contributed by atoms with van der Waals surface area (Å²) in [5.41, 5.74) is 0.456. The molecule has 1 aromatic heterocycles. The van der Waals surface area contributed by atoms with Gasteiger partial charge in [-0.25, -0.2) is 0 Å².